The van der Waals surface area contributed by atoms with E-state index in [0.29, 0.717) is 18.0 Å². The van der Waals surface area contributed by atoms with Gasteiger partial charge in [-0.25, -0.2) is 4.39 Å². The molecule has 2 N–H and O–H groups in total. The topological polar surface area (TPSA) is 36.4 Å². The van der Waals surface area contributed by atoms with E-state index in [1.165, 1.54) is 5.56 Å². The predicted octanol–water partition coefficient (Wildman–Crippen LogP) is 3.66. The van der Waals surface area contributed by atoms with Crippen molar-refractivity contribution < 1.29 is 4.39 Å². The summed E-state index contributed by atoms with van der Waals surface area (Å²) in [6.45, 7) is 5.29. The van der Waals surface area contributed by atoms with Gasteiger partial charge in [-0.3, -0.25) is 4.99 Å². The van der Waals surface area contributed by atoms with E-state index in [2.05, 4.69) is 39.4 Å². The minimum atomic E-state index is -0.173. The largest absolute Gasteiger partial charge is 0.356 e. The van der Waals surface area contributed by atoms with Gasteiger partial charge in [-0.2, -0.15) is 11.3 Å². The van der Waals surface area contributed by atoms with Crippen LogP contribution in [-0.4, -0.2) is 19.6 Å². The molecule has 1 atom stereocenters. The lowest BCUT2D eigenvalue weighted by Gasteiger charge is -2.15. The number of nitrogens with one attached hydrogen (secondary N) is 2. The summed E-state index contributed by atoms with van der Waals surface area (Å²) < 4.78 is 13.5. The van der Waals surface area contributed by atoms with Crippen LogP contribution in [0.3, 0.4) is 0 Å². The van der Waals surface area contributed by atoms with Crippen LogP contribution in [0.25, 0.3) is 0 Å². The summed E-state index contributed by atoms with van der Waals surface area (Å²) in [5, 5.41) is 10.8. The molecule has 0 spiro atoms. The molecule has 0 bridgehead atoms. The molecule has 2 aromatic rings. The average Bonchev–Trinajstić information content (AvgIpc) is 3.05. The maximum Gasteiger partial charge on any atom is 0.191 e. The van der Waals surface area contributed by atoms with Gasteiger partial charge in [-0.15, -0.1) is 0 Å². The van der Waals surface area contributed by atoms with Crippen molar-refractivity contribution in [3.8, 4) is 0 Å². The maximum atomic E-state index is 13.5. The van der Waals surface area contributed by atoms with Gasteiger partial charge in [-0.05, 0) is 52.4 Å². The molecule has 5 heteroatoms. The number of hydrogen-bond acceptors (Lipinski definition) is 2. The Kier molecular flexibility index (Phi) is 5.95. The third-order valence-corrected chi connectivity index (χ3v) is 4.31. The molecule has 0 radical (unpaired) electrons. The van der Waals surface area contributed by atoms with Crippen LogP contribution < -0.4 is 10.6 Å². The lowest BCUT2D eigenvalue weighted by molar-refractivity contribution is 0.615. The van der Waals surface area contributed by atoms with Gasteiger partial charge >= 0.3 is 0 Å². The van der Waals surface area contributed by atoms with Crippen LogP contribution in [-0.2, 0) is 6.54 Å². The van der Waals surface area contributed by atoms with Gasteiger partial charge in [0.2, 0.25) is 0 Å². The highest BCUT2D eigenvalue weighted by Crippen LogP contribution is 2.17. The molecule has 22 heavy (non-hydrogen) atoms. The third kappa shape index (κ3) is 4.56. The van der Waals surface area contributed by atoms with Crippen molar-refractivity contribution in [2.45, 2.75) is 26.3 Å². The summed E-state index contributed by atoms with van der Waals surface area (Å²) >= 11 is 1.71. The van der Waals surface area contributed by atoms with Gasteiger partial charge < -0.3 is 10.6 Å². The zero-order valence-corrected chi connectivity index (χ0v) is 14.0. The van der Waals surface area contributed by atoms with Crippen LogP contribution >= 0.6 is 11.3 Å². The molecule has 2 rings (SSSR count). The molecule has 1 unspecified atom stereocenters. The molecule has 0 aliphatic heterocycles. The van der Waals surface area contributed by atoms with Crippen LogP contribution in [0.4, 0.5) is 4.39 Å². The van der Waals surface area contributed by atoms with Gasteiger partial charge in [0.05, 0.1) is 0 Å². The molecule has 0 amide bonds. The maximum absolute atomic E-state index is 13.5. The Morgan fingerprint density at radius 1 is 1.32 bits per heavy atom. The van der Waals surface area contributed by atoms with Crippen LogP contribution in [0.15, 0.2) is 40.0 Å². The van der Waals surface area contributed by atoms with E-state index in [9.17, 15) is 4.39 Å². The molecular weight excluding hydrogens is 297 g/mol. The standard InChI is InChI=1S/C17H22FN3S/c1-12-4-5-14(8-16(12)18)10-21-17(19-3)20-9-13(2)15-6-7-22-11-15/h4-8,11,13H,9-10H2,1-3H3,(H2,19,20,21). The Morgan fingerprint density at radius 2 is 2.14 bits per heavy atom. The molecule has 0 aliphatic rings. The average molecular weight is 319 g/mol. The van der Waals surface area contributed by atoms with Gasteiger partial charge in [-0.1, -0.05) is 19.1 Å². The third-order valence-electron chi connectivity index (χ3n) is 3.61. The second-order valence-corrected chi connectivity index (χ2v) is 6.13. The van der Waals surface area contributed by atoms with Gasteiger partial charge in [0.25, 0.3) is 0 Å². The van der Waals surface area contributed by atoms with E-state index in [-0.39, 0.29) is 5.82 Å². The van der Waals surface area contributed by atoms with Gasteiger partial charge in [0.1, 0.15) is 5.82 Å². The first-order valence-electron chi connectivity index (χ1n) is 7.31. The van der Waals surface area contributed by atoms with E-state index in [0.717, 1.165) is 18.1 Å². The molecule has 3 nitrogen and oxygen atoms in total. The fourth-order valence-corrected chi connectivity index (χ4v) is 2.86. The van der Waals surface area contributed by atoms with Crippen molar-refractivity contribution in [3.05, 3.63) is 57.5 Å². The Bertz CT molecular complexity index is 623. The highest BCUT2D eigenvalue weighted by atomic mass is 32.1. The van der Waals surface area contributed by atoms with Crippen molar-refractivity contribution in [3.63, 3.8) is 0 Å². The summed E-state index contributed by atoms with van der Waals surface area (Å²) in [5.41, 5.74) is 2.89. The number of rotatable bonds is 5. The lowest BCUT2D eigenvalue weighted by atomic mass is 10.1. The van der Waals surface area contributed by atoms with Gasteiger partial charge in [0, 0.05) is 20.1 Å². The Morgan fingerprint density at radius 3 is 2.77 bits per heavy atom. The summed E-state index contributed by atoms with van der Waals surface area (Å²) in [6.07, 6.45) is 0. The molecular formula is C17H22FN3S. The number of aryl methyl sites for hydroxylation is 1. The van der Waals surface area contributed by atoms with Crippen molar-refractivity contribution in [1.29, 1.82) is 0 Å². The minimum absolute atomic E-state index is 0.173. The zero-order chi connectivity index (χ0) is 15.9. The van der Waals surface area contributed by atoms with E-state index < -0.39 is 0 Å². The second-order valence-electron chi connectivity index (χ2n) is 5.35. The molecule has 0 saturated carbocycles. The van der Waals surface area contributed by atoms with Crippen molar-refractivity contribution in [1.82, 2.24) is 10.6 Å². The van der Waals surface area contributed by atoms with Crippen molar-refractivity contribution >= 4 is 17.3 Å². The van der Waals surface area contributed by atoms with Crippen LogP contribution in [0.1, 0.15) is 29.5 Å². The number of thiophene rings is 1. The molecule has 1 aromatic carbocycles. The zero-order valence-electron chi connectivity index (χ0n) is 13.2. The van der Waals surface area contributed by atoms with Crippen molar-refractivity contribution in [2.75, 3.05) is 13.6 Å². The SMILES string of the molecule is CN=C(NCc1ccc(C)c(F)c1)NCC(C)c1ccsc1. The Hall–Kier alpha value is -1.88. The summed E-state index contributed by atoms with van der Waals surface area (Å²) in [7, 11) is 1.74. The summed E-state index contributed by atoms with van der Waals surface area (Å²) in [5.74, 6) is 0.970. The van der Waals surface area contributed by atoms with Gasteiger partial charge in [0.15, 0.2) is 5.96 Å². The second kappa shape index (κ2) is 7.94. The highest BCUT2D eigenvalue weighted by Gasteiger charge is 2.07. The number of benzene rings is 1. The van der Waals surface area contributed by atoms with Crippen molar-refractivity contribution in [2.24, 2.45) is 4.99 Å². The smallest absolute Gasteiger partial charge is 0.191 e. The fraction of sp³-hybridized carbons (Fsp3) is 0.353. The lowest BCUT2D eigenvalue weighted by Crippen LogP contribution is -2.38. The quantitative estimate of drug-likeness (QED) is 0.652. The van der Waals surface area contributed by atoms with Crippen LogP contribution in [0, 0.1) is 12.7 Å². The van der Waals surface area contributed by atoms with E-state index in [4.69, 9.17) is 0 Å². The molecule has 118 valence electrons. The number of hydrogen-bond donors (Lipinski definition) is 2. The first kappa shape index (κ1) is 16.5. The number of guanidine groups is 1. The fourth-order valence-electron chi connectivity index (χ4n) is 2.08. The Balaban J connectivity index is 1.83. The molecule has 1 heterocycles. The summed E-state index contributed by atoms with van der Waals surface area (Å²) in [4.78, 5) is 4.20. The highest BCUT2D eigenvalue weighted by molar-refractivity contribution is 7.07. The molecule has 1 aromatic heterocycles. The minimum Gasteiger partial charge on any atom is -0.356 e. The molecule has 0 fully saturated rings. The first-order valence-corrected chi connectivity index (χ1v) is 8.26. The molecule has 0 aliphatic carbocycles. The number of halogens is 1. The van der Waals surface area contributed by atoms with E-state index >= 15 is 0 Å². The van der Waals surface area contributed by atoms with Crippen LogP contribution in [0.2, 0.25) is 0 Å². The molecule has 0 saturated heterocycles. The summed E-state index contributed by atoms with van der Waals surface area (Å²) in [6, 6.07) is 7.42. The van der Waals surface area contributed by atoms with E-state index in [1.54, 1.807) is 37.4 Å². The monoisotopic (exact) mass is 319 g/mol. The first-order chi connectivity index (χ1) is 10.6. The van der Waals surface area contributed by atoms with E-state index in [1.807, 2.05) is 6.07 Å². The number of nitrogens with zero attached hydrogens (tertiary/aromatic N) is 1. The van der Waals surface area contributed by atoms with Crippen LogP contribution in [0.5, 0.6) is 0 Å². The number of aliphatic imine (C=N–C) groups is 1. The predicted molar refractivity (Wildman–Crippen MR) is 92.1 cm³/mol. The Labute approximate surface area is 135 Å². The normalized spacial score (nSPS) is 13.0.